The molecule has 0 saturated carbocycles. The molecule has 0 fully saturated rings. The molecule has 110 valence electrons. The van der Waals surface area contributed by atoms with Crippen molar-refractivity contribution in [1.82, 2.24) is 0 Å². The van der Waals surface area contributed by atoms with Crippen LogP contribution in [0.3, 0.4) is 0 Å². The van der Waals surface area contributed by atoms with Crippen LogP contribution in [-0.4, -0.2) is 23.1 Å². The molecule has 0 heterocycles. The largest absolute Gasteiger partial charge is 0.479 e. The number of carboxylic acid groups (broad SMARTS) is 1. The lowest BCUT2D eigenvalue weighted by molar-refractivity contribution is -0.152. The first-order chi connectivity index (χ1) is 9.38. The molecule has 0 aliphatic carbocycles. The van der Waals surface area contributed by atoms with Crippen molar-refractivity contribution >= 4 is 11.9 Å². The van der Waals surface area contributed by atoms with E-state index in [1.165, 1.54) is 6.92 Å². The Bertz CT molecular complexity index is 467. The Labute approximate surface area is 118 Å². The average Bonchev–Trinajstić information content (AvgIpc) is 2.33. The summed E-state index contributed by atoms with van der Waals surface area (Å²) >= 11 is 0. The van der Waals surface area contributed by atoms with E-state index in [-0.39, 0.29) is 12.5 Å². The Hall–Kier alpha value is -1.88. The van der Waals surface area contributed by atoms with Crippen LogP contribution in [0, 0.1) is 5.92 Å². The number of carbonyl (C=O) groups excluding carboxylic acids is 1. The van der Waals surface area contributed by atoms with Gasteiger partial charge in [-0.25, -0.2) is 4.79 Å². The second kappa shape index (κ2) is 7.65. The highest BCUT2D eigenvalue weighted by Crippen LogP contribution is 2.16. The number of carboxylic acids is 1. The minimum Gasteiger partial charge on any atom is -0.479 e. The van der Waals surface area contributed by atoms with E-state index >= 15 is 0 Å². The first-order valence-corrected chi connectivity index (χ1v) is 6.50. The summed E-state index contributed by atoms with van der Waals surface area (Å²) in [7, 11) is 0. The fraction of sp³-hybridized carbons (Fsp3) is 0.467. The zero-order valence-corrected chi connectivity index (χ0v) is 12.0. The van der Waals surface area contributed by atoms with Crippen LogP contribution in [0.15, 0.2) is 24.3 Å². The molecule has 0 saturated heterocycles. The van der Waals surface area contributed by atoms with Crippen molar-refractivity contribution in [2.75, 3.05) is 0 Å². The number of aliphatic carboxylic acids is 1. The van der Waals surface area contributed by atoms with Gasteiger partial charge in [-0.15, -0.1) is 0 Å². The van der Waals surface area contributed by atoms with Crippen molar-refractivity contribution in [3.05, 3.63) is 29.8 Å². The molecule has 5 nitrogen and oxygen atoms in total. The molecule has 5 heteroatoms. The van der Waals surface area contributed by atoms with E-state index in [9.17, 15) is 9.59 Å². The van der Waals surface area contributed by atoms with Gasteiger partial charge in [0.2, 0.25) is 0 Å². The normalized spacial score (nSPS) is 12.2. The van der Waals surface area contributed by atoms with E-state index in [0.29, 0.717) is 12.2 Å². The van der Waals surface area contributed by atoms with Gasteiger partial charge in [-0.2, -0.15) is 0 Å². The van der Waals surface area contributed by atoms with Crippen molar-refractivity contribution in [2.45, 2.75) is 39.9 Å². The maximum Gasteiger partial charge on any atom is 0.332 e. The van der Waals surface area contributed by atoms with Gasteiger partial charge in [-0.1, -0.05) is 26.0 Å². The molecule has 1 aromatic rings. The second-order valence-corrected chi connectivity index (χ2v) is 5.01. The Morgan fingerprint density at radius 3 is 2.55 bits per heavy atom. The topological polar surface area (TPSA) is 72.8 Å². The lowest BCUT2D eigenvalue weighted by Gasteiger charge is -2.15. The monoisotopic (exact) mass is 280 g/mol. The van der Waals surface area contributed by atoms with E-state index < -0.39 is 18.0 Å². The van der Waals surface area contributed by atoms with Crippen molar-refractivity contribution in [3.8, 4) is 5.75 Å². The Kier molecular flexibility index (Phi) is 6.18. The Balaban J connectivity index is 2.63. The average molecular weight is 280 g/mol. The summed E-state index contributed by atoms with van der Waals surface area (Å²) in [6, 6.07) is 6.85. The number of carbonyl (C=O) groups is 2. The minimum atomic E-state index is -0.963. The molecule has 0 aliphatic heterocycles. The van der Waals surface area contributed by atoms with Crippen LogP contribution in [0.5, 0.6) is 5.75 Å². The van der Waals surface area contributed by atoms with Crippen LogP contribution < -0.4 is 4.74 Å². The molecule has 1 N–H and O–H groups in total. The summed E-state index contributed by atoms with van der Waals surface area (Å²) in [5.41, 5.74) is 0.763. The highest BCUT2D eigenvalue weighted by molar-refractivity contribution is 5.72. The van der Waals surface area contributed by atoms with E-state index in [4.69, 9.17) is 14.6 Å². The zero-order chi connectivity index (χ0) is 15.1. The number of hydrogen-bond donors (Lipinski definition) is 1. The number of hydrogen-bond acceptors (Lipinski definition) is 4. The van der Waals surface area contributed by atoms with Gasteiger partial charge < -0.3 is 14.6 Å². The van der Waals surface area contributed by atoms with Crippen molar-refractivity contribution in [1.29, 1.82) is 0 Å². The molecular formula is C15H20O5. The van der Waals surface area contributed by atoms with Crippen molar-refractivity contribution < 1.29 is 24.2 Å². The summed E-state index contributed by atoms with van der Waals surface area (Å²) in [5.74, 6) is -0.695. The van der Waals surface area contributed by atoms with Crippen LogP contribution in [-0.2, 0) is 20.9 Å². The van der Waals surface area contributed by atoms with E-state index in [1.807, 2.05) is 13.8 Å². The van der Waals surface area contributed by atoms with Crippen molar-refractivity contribution in [2.24, 2.45) is 5.92 Å². The highest BCUT2D eigenvalue weighted by atomic mass is 16.5. The summed E-state index contributed by atoms with van der Waals surface area (Å²) in [6.07, 6.45) is -0.369. The summed E-state index contributed by atoms with van der Waals surface area (Å²) in [6.45, 7) is 5.38. The quantitative estimate of drug-likeness (QED) is 0.614. The molecule has 20 heavy (non-hydrogen) atoms. The number of ether oxygens (including phenoxy) is 2. The van der Waals surface area contributed by atoms with Crippen LogP contribution >= 0.6 is 0 Å². The molecule has 0 bridgehead atoms. The third-order valence-electron chi connectivity index (χ3n) is 2.57. The SMILES string of the molecule is CC(=O)Oc1cccc(COC(CC(C)C)C(=O)O)c1. The van der Waals surface area contributed by atoms with Gasteiger partial charge in [-0.3, -0.25) is 4.79 Å². The molecule has 1 rings (SSSR count). The van der Waals surface area contributed by atoms with Gasteiger partial charge in [0, 0.05) is 6.92 Å². The van der Waals surface area contributed by atoms with Crippen LogP contribution in [0.25, 0.3) is 0 Å². The van der Waals surface area contributed by atoms with Crippen LogP contribution in [0.4, 0.5) is 0 Å². The lowest BCUT2D eigenvalue weighted by atomic mass is 10.1. The fourth-order valence-corrected chi connectivity index (χ4v) is 1.73. The van der Waals surface area contributed by atoms with Gasteiger partial charge in [0.25, 0.3) is 0 Å². The fourth-order valence-electron chi connectivity index (χ4n) is 1.73. The Morgan fingerprint density at radius 1 is 1.30 bits per heavy atom. The van der Waals surface area contributed by atoms with Crippen LogP contribution in [0.2, 0.25) is 0 Å². The summed E-state index contributed by atoms with van der Waals surface area (Å²) in [4.78, 5) is 21.9. The molecule has 0 amide bonds. The van der Waals surface area contributed by atoms with Gasteiger partial charge in [-0.05, 0) is 30.0 Å². The second-order valence-electron chi connectivity index (χ2n) is 5.01. The number of esters is 1. The first kappa shape index (κ1) is 16.2. The molecule has 0 aromatic heterocycles. The van der Waals surface area contributed by atoms with E-state index in [2.05, 4.69) is 0 Å². The Morgan fingerprint density at radius 2 is 2.00 bits per heavy atom. The van der Waals surface area contributed by atoms with E-state index in [0.717, 1.165) is 5.56 Å². The van der Waals surface area contributed by atoms with Crippen molar-refractivity contribution in [3.63, 3.8) is 0 Å². The van der Waals surface area contributed by atoms with Gasteiger partial charge >= 0.3 is 11.9 Å². The third-order valence-corrected chi connectivity index (χ3v) is 2.57. The molecule has 1 unspecified atom stereocenters. The van der Waals surface area contributed by atoms with Crippen LogP contribution in [0.1, 0.15) is 32.8 Å². The van der Waals surface area contributed by atoms with Gasteiger partial charge in [0.15, 0.2) is 6.10 Å². The molecular weight excluding hydrogens is 260 g/mol. The van der Waals surface area contributed by atoms with Gasteiger partial charge in [0.1, 0.15) is 5.75 Å². The smallest absolute Gasteiger partial charge is 0.332 e. The third kappa shape index (κ3) is 5.84. The predicted octanol–water partition coefficient (Wildman–Crippen LogP) is 2.63. The maximum atomic E-state index is 11.1. The summed E-state index contributed by atoms with van der Waals surface area (Å²) in [5, 5.41) is 9.08. The predicted molar refractivity (Wildman–Crippen MR) is 73.4 cm³/mol. The lowest BCUT2D eigenvalue weighted by Crippen LogP contribution is -2.25. The molecule has 0 aliphatic rings. The zero-order valence-electron chi connectivity index (χ0n) is 12.0. The molecule has 1 aromatic carbocycles. The standard InChI is InChI=1S/C15H20O5/c1-10(2)7-14(15(17)18)19-9-12-5-4-6-13(8-12)20-11(3)16/h4-6,8,10,14H,7,9H2,1-3H3,(H,17,18). The van der Waals surface area contributed by atoms with Gasteiger partial charge in [0.05, 0.1) is 6.61 Å². The number of benzene rings is 1. The minimum absolute atomic E-state index is 0.165. The highest BCUT2D eigenvalue weighted by Gasteiger charge is 2.19. The molecule has 1 atom stereocenters. The van der Waals surface area contributed by atoms with E-state index in [1.54, 1.807) is 24.3 Å². The summed E-state index contributed by atoms with van der Waals surface area (Å²) < 4.78 is 10.4. The number of rotatable bonds is 7. The first-order valence-electron chi connectivity index (χ1n) is 6.50. The molecule has 0 spiro atoms. The maximum absolute atomic E-state index is 11.1. The molecule has 0 radical (unpaired) electrons.